The summed E-state index contributed by atoms with van der Waals surface area (Å²) in [5, 5.41) is 3.40. The van der Waals surface area contributed by atoms with E-state index in [-0.39, 0.29) is 30.1 Å². The fourth-order valence-corrected chi connectivity index (χ4v) is 3.08. The van der Waals surface area contributed by atoms with Crippen molar-refractivity contribution in [1.29, 1.82) is 0 Å². The molecule has 0 atom stereocenters. The van der Waals surface area contributed by atoms with E-state index in [1.54, 1.807) is 4.90 Å². The molecular formula is C18H35IN4O3. The zero-order valence-electron chi connectivity index (χ0n) is 16.5. The zero-order chi connectivity index (χ0) is 18.1. The number of rotatable bonds is 8. The second-order valence-corrected chi connectivity index (χ2v) is 6.79. The molecule has 0 bridgehead atoms. The third kappa shape index (κ3) is 7.09. The SMILES string of the molecule is CCNC(=NCC1(CCOCC)CC1)N1CCN(C(=O)OCC)CC1.I. The Morgan fingerprint density at radius 1 is 1.08 bits per heavy atom. The van der Waals surface area contributed by atoms with Crippen LogP contribution < -0.4 is 5.32 Å². The van der Waals surface area contributed by atoms with Crippen molar-refractivity contribution >= 4 is 36.0 Å². The fourth-order valence-electron chi connectivity index (χ4n) is 3.08. The van der Waals surface area contributed by atoms with E-state index in [0.717, 1.165) is 51.8 Å². The van der Waals surface area contributed by atoms with Crippen LogP contribution in [0.15, 0.2) is 4.99 Å². The smallest absolute Gasteiger partial charge is 0.409 e. The van der Waals surface area contributed by atoms with Crippen molar-refractivity contribution in [3.05, 3.63) is 0 Å². The monoisotopic (exact) mass is 482 g/mol. The number of ether oxygens (including phenoxy) is 2. The second kappa shape index (κ2) is 11.8. The second-order valence-electron chi connectivity index (χ2n) is 6.79. The minimum Gasteiger partial charge on any atom is -0.450 e. The van der Waals surface area contributed by atoms with Gasteiger partial charge in [-0.25, -0.2) is 4.79 Å². The standard InChI is InChI=1S/C18H34N4O3.HI/c1-4-19-16(20-15-18(7-8-18)9-14-24-5-2)21-10-12-22(13-11-21)17(23)25-6-3;/h4-15H2,1-3H3,(H,19,20);1H. The van der Waals surface area contributed by atoms with Gasteiger partial charge in [0.05, 0.1) is 6.61 Å². The van der Waals surface area contributed by atoms with Crippen molar-refractivity contribution in [2.75, 3.05) is 59.1 Å². The first kappa shape index (κ1) is 23.3. The third-order valence-corrected chi connectivity index (χ3v) is 4.94. The number of guanidine groups is 1. The van der Waals surface area contributed by atoms with E-state index in [1.807, 2.05) is 13.8 Å². The van der Waals surface area contributed by atoms with Crippen molar-refractivity contribution in [3.8, 4) is 0 Å². The number of nitrogens with zero attached hydrogens (tertiary/aromatic N) is 3. The minimum atomic E-state index is -0.211. The highest BCUT2D eigenvalue weighted by Crippen LogP contribution is 2.49. The van der Waals surface area contributed by atoms with Crippen molar-refractivity contribution < 1.29 is 14.3 Å². The number of nitrogens with one attached hydrogen (secondary N) is 1. The molecule has 0 aromatic carbocycles. The van der Waals surface area contributed by atoms with Crippen LogP contribution in [0.25, 0.3) is 0 Å². The molecule has 7 nitrogen and oxygen atoms in total. The molecule has 0 radical (unpaired) electrons. The van der Waals surface area contributed by atoms with Crippen LogP contribution in [0.2, 0.25) is 0 Å². The van der Waals surface area contributed by atoms with Gasteiger partial charge in [-0.05, 0) is 45.4 Å². The van der Waals surface area contributed by atoms with Crippen LogP contribution in [0.1, 0.15) is 40.0 Å². The molecule has 1 aliphatic heterocycles. The van der Waals surface area contributed by atoms with E-state index in [4.69, 9.17) is 14.5 Å². The molecule has 0 aromatic rings. The van der Waals surface area contributed by atoms with Crippen LogP contribution in [0, 0.1) is 5.41 Å². The molecule has 2 rings (SSSR count). The Balaban J connectivity index is 0.00000338. The van der Waals surface area contributed by atoms with Gasteiger partial charge in [-0.1, -0.05) is 0 Å². The van der Waals surface area contributed by atoms with Gasteiger partial charge < -0.3 is 24.6 Å². The molecule has 1 N–H and O–H groups in total. The Morgan fingerprint density at radius 3 is 2.27 bits per heavy atom. The molecular weight excluding hydrogens is 447 g/mol. The summed E-state index contributed by atoms with van der Waals surface area (Å²) in [7, 11) is 0. The maximum absolute atomic E-state index is 11.8. The Labute approximate surface area is 174 Å². The van der Waals surface area contributed by atoms with Gasteiger partial charge in [0.2, 0.25) is 0 Å². The Hall–Kier alpha value is -0.770. The number of halogens is 1. The molecule has 1 amide bonds. The molecule has 152 valence electrons. The largest absolute Gasteiger partial charge is 0.450 e. The molecule has 1 saturated heterocycles. The first-order chi connectivity index (χ1) is 12.1. The van der Waals surface area contributed by atoms with E-state index in [9.17, 15) is 4.79 Å². The van der Waals surface area contributed by atoms with Gasteiger partial charge in [0.1, 0.15) is 0 Å². The quantitative estimate of drug-likeness (QED) is 0.249. The predicted molar refractivity (Wildman–Crippen MR) is 114 cm³/mol. The lowest BCUT2D eigenvalue weighted by molar-refractivity contribution is 0.0914. The first-order valence-electron chi connectivity index (χ1n) is 9.67. The van der Waals surface area contributed by atoms with E-state index in [0.29, 0.717) is 25.1 Å². The number of hydrogen-bond acceptors (Lipinski definition) is 4. The maximum Gasteiger partial charge on any atom is 0.409 e. The average molecular weight is 482 g/mol. The number of amides is 1. The van der Waals surface area contributed by atoms with Gasteiger partial charge in [0, 0.05) is 52.5 Å². The molecule has 0 unspecified atom stereocenters. The summed E-state index contributed by atoms with van der Waals surface area (Å²) < 4.78 is 10.6. The van der Waals surface area contributed by atoms with Crippen molar-refractivity contribution in [2.24, 2.45) is 10.4 Å². The van der Waals surface area contributed by atoms with Gasteiger partial charge in [0.15, 0.2) is 5.96 Å². The first-order valence-corrected chi connectivity index (χ1v) is 9.67. The lowest BCUT2D eigenvalue weighted by Crippen LogP contribution is -2.54. The van der Waals surface area contributed by atoms with Crippen LogP contribution in [0.3, 0.4) is 0 Å². The van der Waals surface area contributed by atoms with Crippen LogP contribution in [-0.4, -0.2) is 80.9 Å². The van der Waals surface area contributed by atoms with Crippen LogP contribution in [-0.2, 0) is 9.47 Å². The topological polar surface area (TPSA) is 66.4 Å². The van der Waals surface area contributed by atoms with E-state index in [2.05, 4.69) is 17.1 Å². The molecule has 8 heteroatoms. The van der Waals surface area contributed by atoms with Gasteiger partial charge >= 0.3 is 6.09 Å². The molecule has 1 saturated carbocycles. The summed E-state index contributed by atoms with van der Waals surface area (Å²) in [6.45, 7) is 12.7. The van der Waals surface area contributed by atoms with Gasteiger partial charge in [-0.2, -0.15) is 0 Å². The minimum absolute atomic E-state index is 0. The molecule has 0 spiro atoms. The lowest BCUT2D eigenvalue weighted by atomic mass is 10.0. The summed E-state index contributed by atoms with van der Waals surface area (Å²) in [5.74, 6) is 0.966. The molecule has 1 aliphatic carbocycles. The normalized spacial score (nSPS) is 19.0. The number of aliphatic imine (C=N–C) groups is 1. The van der Waals surface area contributed by atoms with Crippen LogP contribution >= 0.6 is 24.0 Å². The highest BCUT2D eigenvalue weighted by molar-refractivity contribution is 14.0. The van der Waals surface area contributed by atoms with Gasteiger partial charge in [-0.3, -0.25) is 4.99 Å². The third-order valence-electron chi connectivity index (χ3n) is 4.94. The molecule has 2 fully saturated rings. The van der Waals surface area contributed by atoms with Crippen molar-refractivity contribution in [1.82, 2.24) is 15.1 Å². The van der Waals surface area contributed by atoms with E-state index >= 15 is 0 Å². The van der Waals surface area contributed by atoms with Gasteiger partial charge in [-0.15, -0.1) is 24.0 Å². The maximum atomic E-state index is 11.8. The lowest BCUT2D eigenvalue weighted by Gasteiger charge is -2.36. The molecule has 1 heterocycles. The average Bonchev–Trinajstić information content (AvgIpc) is 3.39. The Morgan fingerprint density at radius 2 is 1.73 bits per heavy atom. The number of carbonyl (C=O) groups excluding carboxylic acids is 1. The highest BCUT2D eigenvalue weighted by atomic mass is 127. The molecule has 2 aliphatic rings. The summed E-state index contributed by atoms with van der Waals surface area (Å²) in [4.78, 5) is 20.7. The summed E-state index contributed by atoms with van der Waals surface area (Å²) in [6.07, 6.45) is 3.39. The summed E-state index contributed by atoms with van der Waals surface area (Å²) in [6, 6.07) is 0. The molecule has 26 heavy (non-hydrogen) atoms. The fraction of sp³-hybridized carbons (Fsp3) is 0.889. The Kier molecular flexibility index (Phi) is 10.6. The number of carbonyl (C=O) groups is 1. The number of hydrogen-bond donors (Lipinski definition) is 1. The van der Waals surface area contributed by atoms with Crippen LogP contribution in [0.4, 0.5) is 4.79 Å². The summed E-state index contributed by atoms with van der Waals surface area (Å²) in [5.41, 5.74) is 0.350. The van der Waals surface area contributed by atoms with E-state index < -0.39 is 0 Å². The summed E-state index contributed by atoms with van der Waals surface area (Å²) >= 11 is 0. The zero-order valence-corrected chi connectivity index (χ0v) is 18.8. The van der Waals surface area contributed by atoms with Crippen molar-refractivity contribution in [2.45, 2.75) is 40.0 Å². The Bertz CT molecular complexity index is 450. The van der Waals surface area contributed by atoms with E-state index in [1.165, 1.54) is 12.8 Å². The molecule has 0 aromatic heterocycles. The number of piperazine rings is 1. The predicted octanol–water partition coefficient (Wildman–Crippen LogP) is 2.55. The van der Waals surface area contributed by atoms with Gasteiger partial charge in [0.25, 0.3) is 0 Å². The van der Waals surface area contributed by atoms with Crippen molar-refractivity contribution in [3.63, 3.8) is 0 Å². The highest BCUT2D eigenvalue weighted by Gasteiger charge is 2.42. The van der Waals surface area contributed by atoms with Crippen LogP contribution in [0.5, 0.6) is 0 Å².